The van der Waals surface area contributed by atoms with Crippen LogP contribution in [-0.4, -0.2) is 47.3 Å². The van der Waals surface area contributed by atoms with E-state index in [0.717, 1.165) is 23.4 Å². The smallest absolute Gasteiger partial charge is 0.257 e. The second kappa shape index (κ2) is 8.27. The van der Waals surface area contributed by atoms with Crippen LogP contribution < -0.4 is 10.1 Å². The van der Waals surface area contributed by atoms with Gasteiger partial charge in [-0.25, -0.2) is 0 Å². The summed E-state index contributed by atoms with van der Waals surface area (Å²) >= 11 is 0. The molecular formula is C22H24N4O2. The van der Waals surface area contributed by atoms with Crippen LogP contribution in [0.3, 0.4) is 0 Å². The van der Waals surface area contributed by atoms with Crippen molar-refractivity contribution in [2.24, 2.45) is 0 Å². The lowest BCUT2D eigenvalue weighted by Gasteiger charge is -2.36. The monoisotopic (exact) mass is 376 g/mol. The summed E-state index contributed by atoms with van der Waals surface area (Å²) < 4.78 is 7.33. The molecule has 1 fully saturated rings. The van der Waals surface area contributed by atoms with Crippen LogP contribution in [0.25, 0.3) is 0 Å². The first-order valence-corrected chi connectivity index (χ1v) is 9.47. The maximum absolute atomic E-state index is 13.3. The van der Waals surface area contributed by atoms with Crippen molar-refractivity contribution in [1.29, 1.82) is 0 Å². The lowest BCUT2D eigenvalue weighted by Crippen LogP contribution is -2.48. The van der Waals surface area contributed by atoms with Crippen molar-refractivity contribution >= 4 is 5.91 Å². The molecule has 1 N–H and O–H groups in total. The SMILES string of the molecule is COc1ccccc1C1CNCCN1C(=O)c1cnn(Cc2ccccc2)c1. The summed E-state index contributed by atoms with van der Waals surface area (Å²) in [7, 11) is 1.66. The minimum atomic E-state index is -0.0742. The molecule has 1 aromatic heterocycles. The minimum Gasteiger partial charge on any atom is -0.496 e. The van der Waals surface area contributed by atoms with E-state index >= 15 is 0 Å². The number of para-hydroxylation sites is 1. The van der Waals surface area contributed by atoms with Crippen LogP contribution in [0.15, 0.2) is 67.0 Å². The molecule has 0 spiro atoms. The second-order valence-electron chi connectivity index (χ2n) is 6.87. The van der Waals surface area contributed by atoms with Crippen LogP contribution in [0.1, 0.15) is 27.5 Å². The van der Waals surface area contributed by atoms with Crippen molar-refractivity contribution in [3.8, 4) is 5.75 Å². The summed E-state index contributed by atoms with van der Waals surface area (Å²) in [6.07, 6.45) is 3.49. The Labute approximate surface area is 164 Å². The van der Waals surface area contributed by atoms with Crippen molar-refractivity contribution in [1.82, 2.24) is 20.0 Å². The number of nitrogens with one attached hydrogen (secondary N) is 1. The van der Waals surface area contributed by atoms with E-state index in [0.29, 0.717) is 25.2 Å². The molecule has 1 aliphatic rings. The number of piperazine rings is 1. The molecule has 4 rings (SSSR count). The molecular weight excluding hydrogens is 352 g/mol. The standard InChI is InChI=1S/C22H24N4O2/c1-28-21-10-6-5-9-19(21)20-14-23-11-12-26(20)22(27)18-13-24-25(16-18)15-17-7-3-2-4-8-17/h2-10,13,16,20,23H,11-12,14-15H2,1H3. The van der Waals surface area contributed by atoms with Gasteiger partial charge in [0.2, 0.25) is 0 Å². The summed E-state index contributed by atoms with van der Waals surface area (Å²) in [6.45, 7) is 2.76. The quantitative estimate of drug-likeness (QED) is 0.744. The molecule has 1 amide bonds. The number of ether oxygens (including phenoxy) is 1. The van der Waals surface area contributed by atoms with E-state index in [9.17, 15) is 4.79 Å². The number of benzene rings is 2. The Hall–Kier alpha value is -3.12. The van der Waals surface area contributed by atoms with Crippen molar-refractivity contribution in [2.75, 3.05) is 26.7 Å². The molecule has 2 aromatic carbocycles. The van der Waals surface area contributed by atoms with E-state index in [4.69, 9.17) is 4.74 Å². The normalized spacial score (nSPS) is 16.8. The maximum Gasteiger partial charge on any atom is 0.257 e. The van der Waals surface area contributed by atoms with Crippen molar-refractivity contribution in [2.45, 2.75) is 12.6 Å². The van der Waals surface area contributed by atoms with Crippen LogP contribution >= 0.6 is 0 Å². The summed E-state index contributed by atoms with van der Waals surface area (Å²) in [5.74, 6) is 0.797. The molecule has 6 heteroatoms. The Morgan fingerprint density at radius 3 is 2.79 bits per heavy atom. The zero-order valence-electron chi connectivity index (χ0n) is 15.9. The third kappa shape index (κ3) is 3.77. The largest absolute Gasteiger partial charge is 0.496 e. The number of hydrogen-bond acceptors (Lipinski definition) is 4. The van der Waals surface area contributed by atoms with Crippen LogP contribution in [0.2, 0.25) is 0 Å². The number of carbonyl (C=O) groups excluding carboxylic acids is 1. The summed E-state index contributed by atoms with van der Waals surface area (Å²) in [5.41, 5.74) is 2.78. The first kappa shape index (κ1) is 18.3. The van der Waals surface area contributed by atoms with E-state index in [2.05, 4.69) is 22.5 Å². The van der Waals surface area contributed by atoms with Crippen molar-refractivity contribution in [3.63, 3.8) is 0 Å². The first-order valence-electron chi connectivity index (χ1n) is 9.47. The molecule has 0 bridgehead atoms. The van der Waals surface area contributed by atoms with Gasteiger partial charge in [0.1, 0.15) is 5.75 Å². The average Bonchev–Trinajstić information content (AvgIpc) is 3.22. The minimum absolute atomic E-state index is 0.00304. The van der Waals surface area contributed by atoms with Gasteiger partial charge in [0.15, 0.2) is 0 Å². The molecule has 1 saturated heterocycles. The highest BCUT2D eigenvalue weighted by atomic mass is 16.5. The summed E-state index contributed by atoms with van der Waals surface area (Å²) in [5, 5.41) is 7.78. The van der Waals surface area contributed by atoms with E-state index in [1.807, 2.05) is 58.2 Å². The van der Waals surface area contributed by atoms with Gasteiger partial charge in [-0.05, 0) is 11.6 Å². The predicted octanol–water partition coefficient (Wildman–Crippen LogP) is 2.73. The zero-order valence-corrected chi connectivity index (χ0v) is 15.9. The fraction of sp³-hybridized carbons (Fsp3) is 0.273. The maximum atomic E-state index is 13.3. The number of methoxy groups -OCH3 is 1. The molecule has 28 heavy (non-hydrogen) atoms. The lowest BCUT2D eigenvalue weighted by molar-refractivity contribution is 0.0631. The molecule has 0 radical (unpaired) electrons. The Morgan fingerprint density at radius 2 is 1.96 bits per heavy atom. The van der Waals surface area contributed by atoms with E-state index in [-0.39, 0.29) is 11.9 Å². The second-order valence-corrected chi connectivity index (χ2v) is 6.87. The zero-order chi connectivity index (χ0) is 19.3. The molecule has 0 aliphatic carbocycles. The van der Waals surface area contributed by atoms with Gasteiger partial charge < -0.3 is 15.0 Å². The molecule has 1 aliphatic heterocycles. The van der Waals surface area contributed by atoms with Gasteiger partial charge in [0.25, 0.3) is 5.91 Å². The van der Waals surface area contributed by atoms with Gasteiger partial charge in [0.05, 0.1) is 31.5 Å². The highest BCUT2D eigenvalue weighted by Gasteiger charge is 2.31. The van der Waals surface area contributed by atoms with Crippen LogP contribution in [0.5, 0.6) is 5.75 Å². The number of rotatable bonds is 5. The molecule has 2 heterocycles. The fourth-order valence-electron chi connectivity index (χ4n) is 3.66. The van der Waals surface area contributed by atoms with Gasteiger partial charge in [-0.1, -0.05) is 48.5 Å². The Kier molecular flexibility index (Phi) is 5.39. The van der Waals surface area contributed by atoms with Gasteiger partial charge >= 0.3 is 0 Å². The molecule has 6 nitrogen and oxygen atoms in total. The van der Waals surface area contributed by atoms with E-state index in [1.54, 1.807) is 13.3 Å². The first-order chi connectivity index (χ1) is 13.8. The predicted molar refractivity (Wildman–Crippen MR) is 107 cm³/mol. The van der Waals surface area contributed by atoms with Gasteiger partial charge in [-0.2, -0.15) is 5.10 Å². The molecule has 0 saturated carbocycles. The number of amides is 1. The van der Waals surface area contributed by atoms with Crippen molar-refractivity contribution in [3.05, 3.63) is 83.7 Å². The molecule has 1 unspecified atom stereocenters. The molecule has 144 valence electrons. The Morgan fingerprint density at radius 1 is 1.18 bits per heavy atom. The fourth-order valence-corrected chi connectivity index (χ4v) is 3.66. The van der Waals surface area contributed by atoms with Crippen LogP contribution in [-0.2, 0) is 6.54 Å². The van der Waals surface area contributed by atoms with E-state index in [1.165, 1.54) is 0 Å². The van der Waals surface area contributed by atoms with Crippen LogP contribution in [0.4, 0.5) is 0 Å². The van der Waals surface area contributed by atoms with Gasteiger partial charge in [-0.15, -0.1) is 0 Å². The lowest BCUT2D eigenvalue weighted by atomic mass is 10.0. The van der Waals surface area contributed by atoms with Gasteiger partial charge in [0, 0.05) is 31.4 Å². The van der Waals surface area contributed by atoms with E-state index < -0.39 is 0 Å². The number of hydrogen-bond donors (Lipinski definition) is 1. The number of carbonyl (C=O) groups is 1. The highest BCUT2D eigenvalue weighted by molar-refractivity contribution is 5.94. The number of nitrogens with zero attached hydrogens (tertiary/aromatic N) is 3. The summed E-state index contributed by atoms with van der Waals surface area (Å²) in [4.78, 5) is 15.2. The summed E-state index contributed by atoms with van der Waals surface area (Å²) in [6, 6.07) is 17.9. The Balaban J connectivity index is 1.56. The van der Waals surface area contributed by atoms with Crippen molar-refractivity contribution < 1.29 is 9.53 Å². The van der Waals surface area contributed by atoms with Crippen LogP contribution in [0, 0.1) is 0 Å². The average molecular weight is 376 g/mol. The van der Waals surface area contributed by atoms with Gasteiger partial charge in [-0.3, -0.25) is 9.48 Å². The highest BCUT2D eigenvalue weighted by Crippen LogP contribution is 2.31. The molecule has 1 atom stereocenters. The third-order valence-electron chi connectivity index (χ3n) is 5.07. The number of aromatic nitrogens is 2. The topological polar surface area (TPSA) is 59.4 Å². The molecule has 3 aromatic rings. The Bertz CT molecular complexity index is 938. The third-order valence-corrected chi connectivity index (χ3v) is 5.07.